The predicted octanol–water partition coefficient (Wildman–Crippen LogP) is 3.81. The standard InChI is InChI=1S/C9H16F3P/c10-9(11,12)7-13-6-8-4-2-1-3-5-8/h8,13H,1-7H2. The average molecular weight is 212 g/mol. The van der Waals surface area contributed by atoms with E-state index in [-0.39, 0.29) is 8.58 Å². The molecule has 0 saturated heterocycles. The second kappa shape index (κ2) is 5.19. The smallest absolute Gasteiger partial charge is 0.171 e. The molecule has 0 N–H and O–H groups in total. The minimum Gasteiger partial charge on any atom is -0.171 e. The molecule has 0 aromatic carbocycles. The predicted molar refractivity (Wildman–Crippen MR) is 50.7 cm³/mol. The van der Waals surface area contributed by atoms with Crippen LogP contribution in [0.1, 0.15) is 32.1 Å². The van der Waals surface area contributed by atoms with Gasteiger partial charge in [-0.2, -0.15) is 13.2 Å². The van der Waals surface area contributed by atoms with E-state index in [0.29, 0.717) is 5.92 Å². The maximum absolute atomic E-state index is 11.8. The van der Waals surface area contributed by atoms with Crippen molar-refractivity contribution < 1.29 is 13.2 Å². The number of rotatable bonds is 3. The van der Waals surface area contributed by atoms with Crippen molar-refractivity contribution in [1.29, 1.82) is 0 Å². The summed E-state index contributed by atoms with van der Waals surface area (Å²) < 4.78 is 35.5. The number of alkyl halides is 3. The highest BCUT2D eigenvalue weighted by Crippen LogP contribution is 2.32. The Kier molecular flexibility index (Phi) is 4.51. The van der Waals surface area contributed by atoms with Gasteiger partial charge in [-0.25, -0.2) is 0 Å². The summed E-state index contributed by atoms with van der Waals surface area (Å²) in [5.74, 6) is 0.592. The van der Waals surface area contributed by atoms with Crippen molar-refractivity contribution in [1.82, 2.24) is 0 Å². The summed E-state index contributed by atoms with van der Waals surface area (Å²) in [4.78, 5) is 0. The topological polar surface area (TPSA) is 0 Å². The highest BCUT2D eigenvalue weighted by Gasteiger charge is 2.26. The SMILES string of the molecule is FC(F)(F)CPCC1CCCCC1. The van der Waals surface area contributed by atoms with E-state index in [9.17, 15) is 13.2 Å². The highest BCUT2D eigenvalue weighted by atomic mass is 31.1. The van der Waals surface area contributed by atoms with Gasteiger partial charge in [0.2, 0.25) is 0 Å². The lowest BCUT2D eigenvalue weighted by Gasteiger charge is -2.21. The van der Waals surface area contributed by atoms with Gasteiger partial charge in [0.05, 0.1) is 6.16 Å². The van der Waals surface area contributed by atoms with Gasteiger partial charge in [-0.05, 0) is 12.1 Å². The van der Waals surface area contributed by atoms with E-state index >= 15 is 0 Å². The van der Waals surface area contributed by atoms with Crippen LogP contribution in [-0.4, -0.2) is 18.5 Å². The van der Waals surface area contributed by atoms with E-state index < -0.39 is 12.3 Å². The molecule has 1 aliphatic carbocycles. The molecule has 0 aromatic rings. The van der Waals surface area contributed by atoms with Gasteiger partial charge in [-0.3, -0.25) is 0 Å². The van der Waals surface area contributed by atoms with E-state index in [4.69, 9.17) is 0 Å². The molecular formula is C9H16F3P. The van der Waals surface area contributed by atoms with Crippen LogP contribution < -0.4 is 0 Å². The van der Waals surface area contributed by atoms with Crippen molar-refractivity contribution in [2.45, 2.75) is 38.3 Å². The molecule has 1 saturated carbocycles. The van der Waals surface area contributed by atoms with E-state index in [1.807, 2.05) is 0 Å². The van der Waals surface area contributed by atoms with Crippen molar-refractivity contribution in [3.8, 4) is 0 Å². The second-order valence-electron chi connectivity index (χ2n) is 3.75. The van der Waals surface area contributed by atoms with E-state index in [1.54, 1.807) is 0 Å². The molecule has 0 heterocycles. The first-order valence-corrected chi connectivity index (χ1v) is 6.27. The molecule has 1 unspecified atom stereocenters. The lowest BCUT2D eigenvalue weighted by Crippen LogP contribution is -2.13. The van der Waals surface area contributed by atoms with Crippen molar-refractivity contribution >= 4 is 8.58 Å². The Morgan fingerprint density at radius 1 is 1.08 bits per heavy atom. The molecule has 13 heavy (non-hydrogen) atoms. The fourth-order valence-electron chi connectivity index (χ4n) is 1.81. The molecule has 0 nitrogen and oxygen atoms in total. The third-order valence-electron chi connectivity index (χ3n) is 2.48. The van der Waals surface area contributed by atoms with Gasteiger partial charge in [-0.1, -0.05) is 32.1 Å². The molecule has 4 heteroatoms. The zero-order chi connectivity index (χ0) is 9.73. The van der Waals surface area contributed by atoms with Crippen LogP contribution in [0.4, 0.5) is 13.2 Å². The summed E-state index contributed by atoms with van der Waals surface area (Å²) >= 11 is 0. The molecule has 0 amide bonds. The molecule has 0 aromatic heterocycles. The Morgan fingerprint density at radius 3 is 2.23 bits per heavy atom. The maximum Gasteiger partial charge on any atom is 0.392 e. The van der Waals surface area contributed by atoms with Crippen LogP contribution in [0.5, 0.6) is 0 Å². The highest BCUT2D eigenvalue weighted by molar-refractivity contribution is 7.38. The van der Waals surface area contributed by atoms with Crippen molar-refractivity contribution in [2.24, 2.45) is 5.92 Å². The van der Waals surface area contributed by atoms with Crippen LogP contribution in [-0.2, 0) is 0 Å². The molecule has 78 valence electrons. The first kappa shape index (κ1) is 11.3. The van der Waals surface area contributed by atoms with Crippen LogP contribution in [0.25, 0.3) is 0 Å². The second-order valence-corrected chi connectivity index (χ2v) is 5.01. The monoisotopic (exact) mass is 212 g/mol. The molecular weight excluding hydrogens is 196 g/mol. The molecule has 0 bridgehead atoms. The van der Waals surface area contributed by atoms with E-state index in [1.165, 1.54) is 19.3 Å². The summed E-state index contributed by atoms with van der Waals surface area (Å²) in [6.07, 6.45) is 2.34. The molecule has 0 aliphatic heterocycles. The molecule has 1 fully saturated rings. The Labute approximate surface area is 79.1 Å². The largest absolute Gasteiger partial charge is 0.392 e. The quantitative estimate of drug-likeness (QED) is 0.624. The van der Waals surface area contributed by atoms with Crippen LogP contribution >= 0.6 is 8.58 Å². The van der Waals surface area contributed by atoms with Crippen LogP contribution in [0.15, 0.2) is 0 Å². The van der Waals surface area contributed by atoms with Crippen LogP contribution in [0.2, 0.25) is 0 Å². The van der Waals surface area contributed by atoms with Gasteiger partial charge in [0.25, 0.3) is 0 Å². The van der Waals surface area contributed by atoms with Gasteiger partial charge in [-0.15, -0.1) is 8.58 Å². The number of hydrogen-bond acceptors (Lipinski definition) is 0. The number of hydrogen-bond donors (Lipinski definition) is 0. The van der Waals surface area contributed by atoms with Gasteiger partial charge < -0.3 is 0 Å². The van der Waals surface area contributed by atoms with Crippen LogP contribution in [0, 0.1) is 5.92 Å². The molecule has 1 aliphatic rings. The minimum absolute atomic E-state index is 0.0895. The Morgan fingerprint density at radius 2 is 1.69 bits per heavy atom. The summed E-state index contributed by atoms with van der Waals surface area (Å²) in [5, 5.41) is 0. The van der Waals surface area contributed by atoms with Gasteiger partial charge in [0.1, 0.15) is 0 Å². The fourth-order valence-corrected chi connectivity index (χ4v) is 3.05. The summed E-state index contributed by atoms with van der Waals surface area (Å²) in [5.41, 5.74) is 0. The number of halogens is 3. The Hall–Kier alpha value is 0.220. The molecule has 1 rings (SSSR count). The summed E-state index contributed by atoms with van der Waals surface area (Å²) in [6.45, 7) is 0. The van der Waals surface area contributed by atoms with Crippen molar-refractivity contribution in [2.75, 3.05) is 12.3 Å². The van der Waals surface area contributed by atoms with E-state index in [2.05, 4.69) is 0 Å². The zero-order valence-corrected chi connectivity index (χ0v) is 8.66. The zero-order valence-electron chi connectivity index (χ0n) is 7.66. The third-order valence-corrected chi connectivity index (χ3v) is 4.00. The van der Waals surface area contributed by atoms with Crippen molar-refractivity contribution in [3.63, 3.8) is 0 Å². The first-order valence-electron chi connectivity index (χ1n) is 4.85. The lowest BCUT2D eigenvalue weighted by atomic mass is 9.91. The summed E-state index contributed by atoms with van der Waals surface area (Å²) in [6, 6.07) is 0. The normalized spacial score (nSPS) is 21.5. The van der Waals surface area contributed by atoms with Crippen molar-refractivity contribution in [3.05, 3.63) is 0 Å². The fraction of sp³-hybridized carbons (Fsp3) is 1.00. The Bertz CT molecular complexity index is 138. The van der Waals surface area contributed by atoms with Gasteiger partial charge >= 0.3 is 6.18 Å². The minimum atomic E-state index is -3.94. The average Bonchev–Trinajstić information content (AvgIpc) is 2.04. The first-order chi connectivity index (χ1) is 6.08. The maximum atomic E-state index is 11.8. The van der Waals surface area contributed by atoms with Gasteiger partial charge in [0.15, 0.2) is 0 Å². The molecule has 0 radical (unpaired) electrons. The lowest BCUT2D eigenvalue weighted by molar-refractivity contribution is -0.105. The molecule has 0 spiro atoms. The van der Waals surface area contributed by atoms with Gasteiger partial charge in [0, 0.05) is 0 Å². The van der Waals surface area contributed by atoms with E-state index in [0.717, 1.165) is 19.0 Å². The Balaban J connectivity index is 2.04. The molecule has 1 atom stereocenters. The van der Waals surface area contributed by atoms with Crippen LogP contribution in [0.3, 0.4) is 0 Å². The summed E-state index contributed by atoms with van der Waals surface area (Å²) in [7, 11) is 0.0895. The third kappa shape index (κ3) is 5.51.